The lowest BCUT2D eigenvalue weighted by atomic mass is 9.89. The van der Waals surface area contributed by atoms with Crippen molar-refractivity contribution in [2.75, 3.05) is 6.54 Å². The van der Waals surface area contributed by atoms with Crippen molar-refractivity contribution in [2.45, 2.75) is 38.8 Å². The van der Waals surface area contributed by atoms with Crippen molar-refractivity contribution in [3.8, 4) is 0 Å². The summed E-state index contributed by atoms with van der Waals surface area (Å²) in [6.07, 6.45) is 2.99. The van der Waals surface area contributed by atoms with Gasteiger partial charge in [0, 0.05) is 21.3 Å². The van der Waals surface area contributed by atoms with Crippen LogP contribution in [0, 0.1) is 5.92 Å². The molecule has 0 spiro atoms. The van der Waals surface area contributed by atoms with E-state index in [1.165, 1.54) is 4.88 Å². The molecular weight excluding hydrogens is 314 g/mol. The van der Waals surface area contributed by atoms with Gasteiger partial charge in [0.2, 0.25) is 0 Å². The zero-order valence-electron chi connectivity index (χ0n) is 10.4. The molecule has 1 aliphatic rings. The molecule has 2 heterocycles. The van der Waals surface area contributed by atoms with Gasteiger partial charge in [0.15, 0.2) is 0 Å². The Morgan fingerprint density at radius 3 is 3.00 bits per heavy atom. The van der Waals surface area contributed by atoms with Crippen LogP contribution in [0.2, 0.25) is 0 Å². The van der Waals surface area contributed by atoms with E-state index >= 15 is 0 Å². The summed E-state index contributed by atoms with van der Waals surface area (Å²) in [7, 11) is 0. The Balaban J connectivity index is 2.04. The van der Waals surface area contributed by atoms with Gasteiger partial charge in [-0.25, -0.2) is 0 Å². The first-order valence-corrected chi connectivity index (χ1v) is 7.97. The molecule has 2 unspecified atom stereocenters. The van der Waals surface area contributed by atoms with E-state index < -0.39 is 5.97 Å². The molecule has 1 aliphatic heterocycles. The molecule has 0 radical (unpaired) electrons. The maximum Gasteiger partial charge on any atom is 0.320 e. The molecule has 1 fully saturated rings. The highest BCUT2D eigenvalue weighted by atomic mass is 79.9. The minimum Gasteiger partial charge on any atom is -0.480 e. The van der Waals surface area contributed by atoms with Crippen molar-refractivity contribution in [1.29, 1.82) is 0 Å². The largest absolute Gasteiger partial charge is 0.480 e. The highest BCUT2D eigenvalue weighted by Gasteiger charge is 2.32. The van der Waals surface area contributed by atoms with Gasteiger partial charge in [-0.05, 0) is 47.3 Å². The summed E-state index contributed by atoms with van der Waals surface area (Å²) in [5, 5.41) is 11.4. The third-order valence-corrected chi connectivity index (χ3v) is 5.35. The van der Waals surface area contributed by atoms with Gasteiger partial charge < -0.3 is 5.11 Å². The van der Waals surface area contributed by atoms with E-state index in [-0.39, 0.29) is 6.04 Å². The molecule has 18 heavy (non-hydrogen) atoms. The Kier molecular flexibility index (Phi) is 4.81. The molecule has 100 valence electrons. The summed E-state index contributed by atoms with van der Waals surface area (Å²) >= 11 is 5.12. The summed E-state index contributed by atoms with van der Waals surface area (Å²) in [4.78, 5) is 14.7. The molecule has 0 aliphatic carbocycles. The van der Waals surface area contributed by atoms with Crippen LogP contribution >= 0.6 is 27.3 Å². The lowest BCUT2D eigenvalue weighted by molar-refractivity contribution is -0.145. The quantitative estimate of drug-likeness (QED) is 0.916. The third kappa shape index (κ3) is 3.33. The molecule has 3 nitrogen and oxygen atoms in total. The number of hydrogen-bond acceptors (Lipinski definition) is 3. The molecule has 2 atom stereocenters. The first-order valence-electron chi connectivity index (χ1n) is 6.30. The van der Waals surface area contributed by atoms with Crippen molar-refractivity contribution in [3.05, 3.63) is 20.8 Å². The Morgan fingerprint density at radius 2 is 2.44 bits per heavy atom. The number of carboxylic acid groups (broad SMARTS) is 1. The smallest absolute Gasteiger partial charge is 0.320 e. The fourth-order valence-corrected chi connectivity index (χ4v) is 4.02. The van der Waals surface area contributed by atoms with E-state index in [2.05, 4.69) is 33.8 Å². The molecule has 1 N–H and O–H groups in total. The van der Waals surface area contributed by atoms with Gasteiger partial charge in [-0.3, -0.25) is 9.69 Å². The van der Waals surface area contributed by atoms with Crippen LogP contribution in [0.4, 0.5) is 0 Å². The monoisotopic (exact) mass is 331 g/mol. The first-order chi connectivity index (χ1) is 8.60. The molecule has 0 aromatic carbocycles. The van der Waals surface area contributed by atoms with E-state index in [1.807, 2.05) is 5.38 Å². The topological polar surface area (TPSA) is 40.5 Å². The average Bonchev–Trinajstić information content (AvgIpc) is 2.75. The number of likely N-dealkylation sites (tertiary alicyclic amines) is 1. The highest BCUT2D eigenvalue weighted by Crippen LogP contribution is 2.29. The predicted molar refractivity (Wildman–Crippen MR) is 76.9 cm³/mol. The Hall–Kier alpha value is -0.390. The van der Waals surface area contributed by atoms with Gasteiger partial charge in [-0.2, -0.15) is 0 Å². The molecule has 0 saturated carbocycles. The van der Waals surface area contributed by atoms with Crippen molar-refractivity contribution >= 4 is 33.2 Å². The van der Waals surface area contributed by atoms with Crippen LogP contribution in [0.15, 0.2) is 15.9 Å². The maximum atomic E-state index is 11.4. The zero-order valence-corrected chi connectivity index (χ0v) is 12.8. The second kappa shape index (κ2) is 6.17. The number of thiophene rings is 1. The normalized spacial score (nSPS) is 25.2. The average molecular weight is 332 g/mol. The summed E-state index contributed by atoms with van der Waals surface area (Å²) in [5.41, 5.74) is 0. The number of nitrogens with zero attached hydrogens (tertiary/aromatic N) is 1. The molecule has 1 aromatic heterocycles. The summed E-state index contributed by atoms with van der Waals surface area (Å²) in [5.74, 6) is -0.110. The SMILES string of the molecule is CCC1CCN(Cc2cc(Br)cs2)C(C(=O)O)C1. The minimum absolute atomic E-state index is 0.315. The van der Waals surface area contributed by atoms with Gasteiger partial charge in [-0.1, -0.05) is 13.3 Å². The number of piperidine rings is 1. The third-order valence-electron chi connectivity index (χ3n) is 3.67. The number of aliphatic carboxylic acids is 1. The Morgan fingerprint density at radius 1 is 1.67 bits per heavy atom. The molecule has 0 amide bonds. The van der Waals surface area contributed by atoms with Crippen LogP contribution in [0.25, 0.3) is 0 Å². The van der Waals surface area contributed by atoms with Gasteiger partial charge in [-0.15, -0.1) is 11.3 Å². The lowest BCUT2D eigenvalue weighted by Crippen LogP contribution is -2.46. The van der Waals surface area contributed by atoms with Crippen LogP contribution in [-0.2, 0) is 11.3 Å². The van der Waals surface area contributed by atoms with Gasteiger partial charge in [0.25, 0.3) is 0 Å². The van der Waals surface area contributed by atoms with Gasteiger partial charge in [0.05, 0.1) is 0 Å². The van der Waals surface area contributed by atoms with E-state index in [4.69, 9.17) is 0 Å². The van der Waals surface area contributed by atoms with Crippen molar-refractivity contribution in [3.63, 3.8) is 0 Å². The van der Waals surface area contributed by atoms with Gasteiger partial charge >= 0.3 is 5.97 Å². The summed E-state index contributed by atoms with van der Waals surface area (Å²) in [6, 6.07) is 1.76. The van der Waals surface area contributed by atoms with Crippen molar-refractivity contribution < 1.29 is 9.90 Å². The fourth-order valence-electron chi connectivity index (χ4n) is 2.54. The number of carboxylic acids is 1. The maximum absolute atomic E-state index is 11.4. The van der Waals surface area contributed by atoms with E-state index in [0.29, 0.717) is 5.92 Å². The molecule has 1 aromatic rings. The number of hydrogen-bond donors (Lipinski definition) is 1. The van der Waals surface area contributed by atoms with Crippen LogP contribution in [-0.4, -0.2) is 28.6 Å². The second-order valence-corrected chi connectivity index (χ2v) is 6.77. The van der Waals surface area contributed by atoms with E-state index in [0.717, 1.165) is 36.8 Å². The number of halogens is 1. The summed E-state index contributed by atoms with van der Waals surface area (Å²) < 4.78 is 1.08. The van der Waals surface area contributed by atoms with Crippen LogP contribution < -0.4 is 0 Å². The van der Waals surface area contributed by atoms with Crippen LogP contribution in [0.5, 0.6) is 0 Å². The highest BCUT2D eigenvalue weighted by molar-refractivity contribution is 9.10. The molecule has 0 bridgehead atoms. The van der Waals surface area contributed by atoms with E-state index in [9.17, 15) is 9.90 Å². The van der Waals surface area contributed by atoms with Crippen molar-refractivity contribution in [2.24, 2.45) is 5.92 Å². The number of carbonyl (C=O) groups is 1. The standard InChI is InChI=1S/C13H18BrNO2S/c1-2-9-3-4-15(12(5-9)13(16)17)7-11-6-10(14)8-18-11/h6,8-9,12H,2-5,7H2,1H3,(H,16,17). The second-order valence-electron chi connectivity index (χ2n) is 4.85. The lowest BCUT2D eigenvalue weighted by Gasteiger charge is -2.36. The van der Waals surface area contributed by atoms with E-state index in [1.54, 1.807) is 11.3 Å². The number of rotatable bonds is 4. The minimum atomic E-state index is -0.677. The molecule has 5 heteroatoms. The predicted octanol–water partition coefficient (Wildman–Crippen LogP) is 3.59. The van der Waals surface area contributed by atoms with Crippen LogP contribution in [0.1, 0.15) is 31.1 Å². The van der Waals surface area contributed by atoms with Crippen LogP contribution in [0.3, 0.4) is 0 Å². The Bertz CT molecular complexity index is 421. The first kappa shape index (κ1) is 14.0. The zero-order chi connectivity index (χ0) is 13.1. The Labute approximate surface area is 120 Å². The van der Waals surface area contributed by atoms with Gasteiger partial charge in [0.1, 0.15) is 6.04 Å². The summed E-state index contributed by atoms with van der Waals surface area (Å²) in [6.45, 7) is 3.80. The van der Waals surface area contributed by atoms with Crippen molar-refractivity contribution in [1.82, 2.24) is 4.90 Å². The molecular formula is C13H18BrNO2S. The molecule has 1 saturated heterocycles. The molecule has 2 rings (SSSR count). The fraction of sp³-hybridized carbons (Fsp3) is 0.615.